The molecule has 0 atom stereocenters. The number of hydrogen-bond acceptors (Lipinski definition) is 7. The van der Waals surface area contributed by atoms with Crippen molar-refractivity contribution >= 4 is 21.9 Å². The minimum absolute atomic E-state index is 0.174. The summed E-state index contributed by atoms with van der Waals surface area (Å²) in [5.74, 6) is -0.0897. The van der Waals surface area contributed by atoms with Gasteiger partial charge in [0.1, 0.15) is 0 Å². The second-order valence-corrected chi connectivity index (χ2v) is 9.68. The molecule has 1 amide bonds. The van der Waals surface area contributed by atoms with E-state index < -0.39 is 22.6 Å². The molecule has 9 nitrogen and oxygen atoms in total. The predicted octanol–water partition coefficient (Wildman–Crippen LogP) is 2.56. The lowest BCUT2D eigenvalue weighted by Crippen LogP contribution is -2.51. The number of ether oxygens (including phenoxy) is 3. The van der Waals surface area contributed by atoms with Crippen LogP contribution in [0.5, 0.6) is 11.5 Å². The highest BCUT2D eigenvalue weighted by atomic mass is 32.2. The van der Waals surface area contributed by atoms with Crippen LogP contribution in [0.15, 0.2) is 53.4 Å². The summed E-state index contributed by atoms with van der Waals surface area (Å²) in [7, 11) is -2.12. The SMILES string of the molecule is CCCCOc1ccc(C(=O)OCC(=O)N2CCN(S(=O)(=O)c3ccccc3)CC2)cc1OC. The van der Waals surface area contributed by atoms with E-state index in [0.29, 0.717) is 18.1 Å². The van der Waals surface area contributed by atoms with Crippen molar-refractivity contribution in [3.8, 4) is 11.5 Å². The summed E-state index contributed by atoms with van der Waals surface area (Å²) in [4.78, 5) is 26.7. The minimum atomic E-state index is -3.60. The van der Waals surface area contributed by atoms with Gasteiger partial charge in [0, 0.05) is 26.2 Å². The fraction of sp³-hybridized carbons (Fsp3) is 0.417. The average molecular weight is 491 g/mol. The molecule has 1 fully saturated rings. The summed E-state index contributed by atoms with van der Waals surface area (Å²) in [5, 5.41) is 0. The molecule has 10 heteroatoms. The first kappa shape index (κ1) is 25.5. The zero-order chi connectivity index (χ0) is 24.6. The van der Waals surface area contributed by atoms with Crippen LogP contribution in [0.1, 0.15) is 30.1 Å². The Morgan fingerprint density at radius 3 is 2.32 bits per heavy atom. The Balaban J connectivity index is 1.51. The number of nitrogens with zero attached hydrogens (tertiary/aromatic N) is 2. The largest absolute Gasteiger partial charge is 0.493 e. The van der Waals surface area contributed by atoms with E-state index in [1.165, 1.54) is 22.4 Å². The van der Waals surface area contributed by atoms with Crippen LogP contribution in [-0.4, -0.2) is 76.0 Å². The van der Waals surface area contributed by atoms with Crippen LogP contribution in [0.25, 0.3) is 0 Å². The second kappa shape index (κ2) is 11.8. The number of piperazine rings is 1. The summed E-state index contributed by atoms with van der Waals surface area (Å²) in [6, 6.07) is 12.9. The molecule has 0 spiro atoms. The van der Waals surface area contributed by atoms with E-state index in [-0.39, 0.29) is 42.5 Å². The molecule has 2 aromatic rings. The molecule has 1 aliphatic rings. The Hall–Kier alpha value is -3.11. The maximum Gasteiger partial charge on any atom is 0.338 e. The highest BCUT2D eigenvalue weighted by Gasteiger charge is 2.30. The molecule has 34 heavy (non-hydrogen) atoms. The molecule has 1 saturated heterocycles. The van der Waals surface area contributed by atoms with Crippen molar-refractivity contribution in [2.75, 3.05) is 46.5 Å². The monoisotopic (exact) mass is 490 g/mol. The quantitative estimate of drug-likeness (QED) is 0.373. The van der Waals surface area contributed by atoms with Gasteiger partial charge < -0.3 is 19.1 Å². The maximum atomic E-state index is 12.7. The number of esters is 1. The van der Waals surface area contributed by atoms with Crippen LogP contribution >= 0.6 is 0 Å². The zero-order valence-corrected chi connectivity index (χ0v) is 20.3. The van der Waals surface area contributed by atoms with Crippen molar-refractivity contribution in [1.82, 2.24) is 9.21 Å². The van der Waals surface area contributed by atoms with Crippen LogP contribution in [0.2, 0.25) is 0 Å². The molecule has 0 N–H and O–H groups in total. The molecule has 0 aromatic heterocycles. The molecular formula is C24H30N2O7S. The molecule has 0 aliphatic carbocycles. The first-order valence-corrected chi connectivity index (χ1v) is 12.6. The van der Waals surface area contributed by atoms with E-state index in [4.69, 9.17) is 14.2 Å². The number of methoxy groups -OCH3 is 1. The third kappa shape index (κ3) is 6.27. The van der Waals surface area contributed by atoms with Gasteiger partial charge in [0.05, 0.1) is 24.2 Å². The number of unbranched alkanes of at least 4 members (excludes halogenated alkanes) is 1. The Kier molecular flexibility index (Phi) is 8.89. The van der Waals surface area contributed by atoms with Gasteiger partial charge in [-0.3, -0.25) is 4.79 Å². The smallest absolute Gasteiger partial charge is 0.338 e. The van der Waals surface area contributed by atoms with Gasteiger partial charge in [-0.05, 0) is 36.8 Å². The summed E-state index contributed by atoms with van der Waals surface area (Å²) in [6.45, 7) is 2.97. The third-order valence-electron chi connectivity index (χ3n) is 5.45. The molecule has 2 aromatic carbocycles. The molecular weight excluding hydrogens is 460 g/mol. The number of amides is 1. The Labute approximate surface area is 200 Å². The summed E-state index contributed by atoms with van der Waals surface area (Å²) in [5.41, 5.74) is 0.242. The number of hydrogen-bond donors (Lipinski definition) is 0. The topological polar surface area (TPSA) is 102 Å². The van der Waals surface area contributed by atoms with Gasteiger partial charge in [-0.15, -0.1) is 0 Å². The van der Waals surface area contributed by atoms with Crippen molar-refractivity contribution in [3.63, 3.8) is 0 Å². The molecule has 184 valence electrons. The van der Waals surface area contributed by atoms with Crippen molar-refractivity contribution in [2.24, 2.45) is 0 Å². The summed E-state index contributed by atoms with van der Waals surface area (Å²) >= 11 is 0. The first-order valence-electron chi connectivity index (χ1n) is 11.2. The number of carbonyl (C=O) groups is 2. The van der Waals surface area contributed by atoms with Crippen LogP contribution in [0.4, 0.5) is 0 Å². The normalized spacial score (nSPS) is 14.5. The standard InChI is InChI=1S/C24H30N2O7S/c1-3-4-16-32-21-11-10-19(17-22(21)31-2)24(28)33-18-23(27)25-12-14-26(15-13-25)34(29,30)20-8-6-5-7-9-20/h5-11,17H,3-4,12-16,18H2,1-2H3. The lowest BCUT2D eigenvalue weighted by molar-refractivity contribution is -0.135. The molecule has 1 heterocycles. The Bertz CT molecular complexity index is 1080. The van der Waals surface area contributed by atoms with Crippen molar-refractivity contribution in [2.45, 2.75) is 24.7 Å². The van der Waals surface area contributed by atoms with Gasteiger partial charge in [0.25, 0.3) is 5.91 Å². The van der Waals surface area contributed by atoms with Crippen LogP contribution in [-0.2, 0) is 19.6 Å². The summed E-state index contributed by atoms with van der Waals surface area (Å²) < 4.78 is 42.9. The van der Waals surface area contributed by atoms with Gasteiger partial charge in [-0.2, -0.15) is 4.31 Å². The van der Waals surface area contributed by atoms with Gasteiger partial charge in [0.2, 0.25) is 10.0 Å². The van der Waals surface area contributed by atoms with Crippen molar-refractivity contribution < 1.29 is 32.2 Å². The van der Waals surface area contributed by atoms with Crippen molar-refractivity contribution in [3.05, 3.63) is 54.1 Å². The lowest BCUT2D eigenvalue weighted by Gasteiger charge is -2.33. The molecule has 0 unspecified atom stereocenters. The third-order valence-corrected chi connectivity index (χ3v) is 7.37. The van der Waals surface area contributed by atoms with Crippen molar-refractivity contribution in [1.29, 1.82) is 0 Å². The fourth-order valence-electron chi connectivity index (χ4n) is 3.46. The van der Waals surface area contributed by atoms with E-state index in [9.17, 15) is 18.0 Å². The molecule has 1 aliphatic heterocycles. The zero-order valence-electron chi connectivity index (χ0n) is 19.4. The van der Waals surface area contributed by atoms with Crippen LogP contribution in [0.3, 0.4) is 0 Å². The van der Waals surface area contributed by atoms with Crippen LogP contribution < -0.4 is 9.47 Å². The molecule has 3 rings (SSSR count). The number of carbonyl (C=O) groups excluding carboxylic acids is 2. The highest BCUT2D eigenvalue weighted by molar-refractivity contribution is 7.89. The number of benzene rings is 2. The van der Waals surface area contributed by atoms with Gasteiger partial charge in [-0.1, -0.05) is 31.5 Å². The van der Waals surface area contributed by atoms with Gasteiger partial charge in [0.15, 0.2) is 18.1 Å². The predicted molar refractivity (Wildman–Crippen MR) is 125 cm³/mol. The fourth-order valence-corrected chi connectivity index (χ4v) is 4.90. The number of sulfonamides is 1. The molecule has 0 radical (unpaired) electrons. The second-order valence-electron chi connectivity index (χ2n) is 7.74. The van der Waals surface area contributed by atoms with E-state index in [1.54, 1.807) is 42.5 Å². The molecule has 0 bridgehead atoms. The summed E-state index contributed by atoms with van der Waals surface area (Å²) in [6.07, 6.45) is 1.90. The molecule has 0 saturated carbocycles. The highest BCUT2D eigenvalue weighted by Crippen LogP contribution is 2.28. The lowest BCUT2D eigenvalue weighted by atomic mass is 10.2. The van der Waals surface area contributed by atoms with Gasteiger partial charge in [-0.25, -0.2) is 13.2 Å². The minimum Gasteiger partial charge on any atom is -0.493 e. The van der Waals surface area contributed by atoms with E-state index in [2.05, 4.69) is 6.92 Å². The van der Waals surface area contributed by atoms with E-state index in [1.807, 2.05) is 0 Å². The first-order chi connectivity index (χ1) is 16.4. The average Bonchev–Trinajstić information content (AvgIpc) is 2.87. The Morgan fingerprint density at radius 2 is 1.68 bits per heavy atom. The Morgan fingerprint density at radius 1 is 0.971 bits per heavy atom. The van der Waals surface area contributed by atoms with Gasteiger partial charge >= 0.3 is 5.97 Å². The number of rotatable bonds is 10. The van der Waals surface area contributed by atoms with Crippen LogP contribution in [0, 0.1) is 0 Å². The maximum absolute atomic E-state index is 12.7. The van der Waals surface area contributed by atoms with E-state index in [0.717, 1.165) is 12.8 Å². The van der Waals surface area contributed by atoms with E-state index >= 15 is 0 Å².